The average Bonchev–Trinajstić information content (AvgIpc) is 3.02. The second kappa shape index (κ2) is 6.05. The molecule has 0 aliphatic carbocycles. The van der Waals surface area contributed by atoms with E-state index in [1.807, 2.05) is 0 Å². The van der Waals surface area contributed by atoms with Crippen LogP contribution in [0.15, 0.2) is 16.0 Å². The normalized spacial score (nSPS) is 11.6. The van der Waals surface area contributed by atoms with E-state index < -0.39 is 0 Å². The molecule has 0 aromatic carbocycles. The highest BCUT2D eigenvalue weighted by Crippen LogP contribution is 2.20. The number of nitrogens with one attached hydrogen (secondary N) is 1. The molecule has 3 aromatic heterocycles. The molecule has 0 bridgehead atoms. The van der Waals surface area contributed by atoms with Crippen LogP contribution in [0.3, 0.4) is 0 Å². The summed E-state index contributed by atoms with van der Waals surface area (Å²) in [5, 5.41) is 12.3. The molecule has 0 spiro atoms. The molecule has 3 aromatic rings. The number of aromatic nitrogens is 6. The van der Waals surface area contributed by atoms with Gasteiger partial charge in [-0.15, -0.1) is 5.10 Å². The third-order valence-corrected chi connectivity index (χ3v) is 4.57. The molecule has 8 nitrogen and oxygen atoms in total. The molecule has 0 fully saturated rings. The van der Waals surface area contributed by atoms with Crippen molar-refractivity contribution in [1.82, 2.24) is 29.8 Å². The largest absolute Gasteiger partial charge is 0.368 e. The van der Waals surface area contributed by atoms with Gasteiger partial charge in [0.15, 0.2) is 0 Å². The van der Waals surface area contributed by atoms with E-state index in [9.17, 15) is 4.79 Å². The fraction of sp³-hybridized carbons (Fsp3) is 0.417. The van der Waals surface area contributed by atoms with E-state index in [2.05, 4.69) is 39.1 Å². The Morgan fingerprint density at radius 1 is 1.45 bits per heavy atom. The van der Waals surface area contributed by atoms with Gasteiger partial charge in [-0.3, -0.25) is 4.79 Å². The standard InChI is InChI=1S/C12H15N7OS2/c1-6(2)3-8-18-19-9(20)4-7(14-12(19)22-8)5-21-11-15-10(13)16-17-11/h4,6H,3,5H2,1-2H3,(H3,13,15,16,17). The topological polar surface area (TPSA) is 115 Å². The van der Waals surface area contributed by atoms with Crippen LogP contribution in [0, 0.1) is 5.92 Å². The highest BCUT2D eigenvalue weighted by atomic mass is 32.2. The summed E-state index contributed by atoms with van der Waals surface area (Å²) in [5.74, 6) is 1.26. The van der Waals surface area contributed by atoms with E-state index in [1.54, 1.807) is 0 Å². The molecule has 0 radical (unpaired) electrons. The van der Waals surface area contributed by atoms with Crippen molar-refractivity contribution in [2.75, 3.05) is 5.73 Å². The molecule has 3 heterocycles. The number of rotatable bonds is 5. The van der Waals surface area contributed by atoms with Gasteiger partial charge in [0.05, 0.1) is 5.69 Å². The summed E-state index contributed by atoms with van der Waals surface area (Å²) in [6, 6.07) is 1.49. The molecule has 0 unspecified atom stereocenters. The summed E-state index contributed by atoms with van der Waals surface area (Å²) in [6.07, 6.45) is 0.841. The fourth-order valence-electron chi connectivity index (χ4n) is 1.86. The van der Waals surface area contributed by atoms with E-state index in [0.29, 0.717) is 27.5 Å². The van der Waals surface area contributed by atoms with Gasteiger partial charge in [-0.05, 0) is 5.92 Å². The highest BCUT2D eigenvalue weighted by molar-refractivity contribution is 7.98. The van der Waals surface area contributed by atoms with E-state index >= 15 is 0 Å². The van der Waals surface area contributed by atoms with Crippen LogP contribution < -0.4 is 11.3 Å². The van der Waals surface area contributed by atoms with E-state index in [0.717, 1.165) is 11.4 Å². The molecule has 3 rings (SSSR count). The summed E-state index contributed by atoms with van der Waals surface area (Å²) in [7, 11) is 0. The third-order valence-electron chi connectivity index (χ3n) is 2.75. The minimum atomic E-state index is -0.165. The molecule has 0 amide bonds. The van der Waals surface area contributed by atoms with E-state index in [4.69, 9.17) is 5.73 Å². The Bertz CT molecular complexity index is 851. The summed E-state index contributed by atoms with van der Waals surface area (Å²) in [6.45, 7) is 4.24. The highest BCUT2D eigenvalue weighted by Gasteiger charge is 2.11. The monoisotopic (exact) mass is 337 g/mol. The Balaban J connectivity index is 1.83. The maximum atomic E-state index is 12.1. The van der Waals surface area contributed by atoms with Gasteiger partial charge < -0.3 is 5.73 Å². The lowest BCUT2D eigenvalue weighted by Crippen LogP contribution is -2.15. The molecule has 0 aliphatic heterocycles. The van der Waals surface area contributed by atoms with Crippen molar-refractivity contribution in [2.45, 2.75) is 31.2 Å². The van der Waals surface area contributed by atoms with Crippen molar-refractivity contribution in [1.29, 1.82) is 0 Å². The number of nitrogen functional groups attached to an aromatic ring is 1. The molecule has 3 N–H and O–H groups in total. The Morgan fingerprint density at radius 3 is 2.95 bits per heavy atom. The van der Waals surface area contributed by atoms with Crippen LogP contribution in [0.4, 0.5) is 5.95 Å². The molecule has 22 heavy (non-hydrogen) atoms. The molecule has 0 atom stereocenters. The van der Waals surface area contributed by atoms with Crippen LogP contribution in [0.1, 0.15) is 24.5 Å². The predicted octanol–water partition coefficient (Wildman–Crippen LogP) is 1.34. The van der Waals surface area contributed by atoms with Gasteiger partial charge in [-0.1, -0.05) is 36.9 Å². The first-order valence-electron chi connectivity index (χ1n) is 6.70. The average molecular weight is 337 g/mol. The molecule has 10 heteroatoms. The molecule has 0 saturated carbocycles. The van der Waals surface area contributed by atoms with Crippen molar-refractivity contribution < 1.29 is 0 Å². The second-order valence-electron chi connectivity index (χ2n) is 5.17. The third kappa shape index (κ3) is 3.28. The van der Waals surface area contributed by atoms with Gasteiger partial charge >= 0.3 is 0 Å². The zero-order chi connectivity index (χ0) is 15.7. The maximum Gasteiger partial charge on any atom is 0.275 e. The molecule has 116 valence electrons. The number of H-pyrrole nitrogens is 1. The number of thioether (sulfide) groups is 1. The van der Waals surface area contributed by atoms with Crippen LogP contribution in [0.25, 0.3) is 4.96 Å². The minimum absolute atomic E-state index is 0.165. The quantitative estimate of drug-likeness (QED) is 0.675. The van der Waals surface area contributed by atoms with Crippen molar-refractivity contribution in [2.24, 2.45) is 5.92 Å². The van der Waals surface area contributed by atoms with Crippen LogP contribution in [0.2, 0.25) is 0 Å². The van der Waals surface area contributed by atoms with Gasteiger partial charge in [0.25, 0.3) is 5.56 Å². The number of nitrogens with two attached hydrogens (primary N) is 1. The summed E-state index contributed by atoms with van der Waals surface area (Å²) < 4.78 is 1.36. The van der Waals surface area contributed by atoms with E-state index in [1.165, 1.54) is 33.7 Å². The lowest BCUT2D eigenvalue weighted by atomic mass is 10.1. The first-order valence-corrected chi connectivity index (χ1v) is 8.51. The SMILES string of the molecule is CC(C)Cc1nn2c(=O)cc(CSc3n[nH]c(N)n3)nc2s1. The van der Waals surface area contributed by atoms with Crippen molar-refractivity contribution in [3.63, 3.8) is 0 Å². The first-order chi connectivity index (χ1) is 10.5. The zero-order valence-electron chi connectivity index (χ0n) is 12.1. The van der Waals surface area contributed by atoms with Gasteiger partial charge in [-0.2, -0.15) is 14.6 Å². The number of anilines is 1. The van der Waals surface area contributed by atoms with Crippen LogP contribution in [-0.2, 0) is 12.2 Å². The van der Waals surface area contributed by atoms with Gasteiger partial charge in [-0.25, -0.2) is 10.1 Å². The van der Waals surface area contributed by atoms with Gasteiger partial charge in [0.1, 0.15) is 5.01 Å². The maximum absolute atomic E-state index is 12.1. The molecule has 0 aliphatic rings. The number of hydrogen-bond acceptors (Lipinski definition) is 8. The Kier molecular flexibility index (Phi) is 4.12. The van der Waals surface area contributed by atoms with Crippen LogP contribution in [-0.4, -0.2) is 29.8 Å². The summed E-state index contributed by atoms with van der Waals surface area (Å²) in [4.78, 5) is 21.2. The fourth-order valence-corrected chi connectivity index (χ4v) is 3.69. The van der Waals surface area contributed by atoms with Gasteiger partial charge in [0, 0.05) is 18.2 Å². The Hall–Kier alpha value is -1.94. The predicted molar refractivity (Wildman–Crippen MR) is 86.0 cm³/mol. The molecular formula is C12H15N7OS2. The molecular weight excluding hydrogens is 322 g/mol. The van der Waals surface area contributed by atoms with Crippen LogP contribution >= 0.6 is 23.1 Å². The number of hydrogen-bond donors (Lipinski definition) is 2. The Morgan fingerprint density at radius 2 is 2.27 bits per heavy atom. The number of nitrogens with zero attached hydrogens (tertiary/aromatic N) is 5. The first kappa shape index (κ1) is 15.0. The minimum Gasteiger partial charge on any atom is -0.368 e. The summed E-state index contributed by atoms with van der Waals surface area (Å²) >= 11 is 2.82. The second-order valence-corrected chi connectivity index (χ2v) is 7.15. The molecule has 0 saturated heterocycles. The summed E-state index contributed by atoms with van der Waals surface area (Å²) in [5.41, 5.74) is 5.98. The van der Waals surface area contributed by atoms with Crippen molar-refractivity contribution in [3.05, 3.63) is 27.1 Å². The smallest absolute Gasteiger partial charge is 0.275 e. The van der Waals surface area contributed by atoms with Crippen molar-refractivity contribution >= 4 is 34.0 Å². The van der Waals surface area contributed by atoms with E-state index in [-0.39, 0.29) is 11.5 Å². The number of aromatic amines is 1. The lowest BCUT2D eigenvalue weighted by molar-refractivity contribution is 0.635. The van der Waals surface area contributed by atoms with Crippen LogP contribution in [0.5, 0.6) is 0 Å². The lowest BCUT2D eigenvalue weighted by Gasteiger charge is -1.97. The zero-order valence-corrected chi connectivity index (χ0v) is 13.7. The van der Waals surface area contributed by atoms with Crippen molar-refractivity contribution in [3.8, 4) is 0 Å². The van der Waals surface area contributed by atoms with Gasteiger partial charge in [0.2, 0.25) is 16.1 Å². The Labute approximate surface area is 134 Å². The number of fused-ring (bicyclic) bond motifs is 1.